The maximum Gasteiger partial charge on any atom is 0.303 e. The zero-order chi connectivity index (χ0) is 14.8. The molecule has 0 atom stereocenters. The van der Waals surface area contributed by atoms with Gasteiger partial charge in [-0.2, -0.15) is 0 Å². The van der Waals surface area contributed by atoms with Crippen molar-refractivity contribution in [1.82, 2.24) is 9.38 Å². The van der Waals surface area contributed by atoms with E-state index in [1.165, 1.54) is 0 Å². The first kappa shape index (κ1) is 13.6. The molecule has 0 bridgehead atoms. The number of carboxylic acid groups (broad SMARTS) is 1. The second kappa shape index (κ2) is 5.58. The van der Waals surface area contributed by atoms with Crippen LogP contribution in [0, 0.1) is 0 Å². The third-order valence-corrected chi connectivity index (χ3v) is 3.62. The lowest BCUT2D eigenvalue weighted by molar-refractivity contribution is -0.136. The summed E-state index contributed by atoms with van der Waals surface area (Å²) in [6.45, 7) is 0. The molecule has 0 saturated heterocycles. The third kappa shape index (κ3) is 2.62. The second-order valence-electron chi connectivity index (χ2n) is 4.72. The van der Waals surface area contributed by atoms with E-state index >= 15 is 0 Å². The Kier molecular flexibility index (Phi) is 3.62. The Morgan fingerprint density at radius 3 is 2.67 bits per heavy atom. The van der Waals surface area contributed by atoms with Gasteiger partial charge in [-0.05, 0) is 12.1 Å². The monoisotopic (exact) mass is 300 g/mol. The minimum Gasteiger partial charge on any atom is -0.481 e. The molecule has 106 valence electrons. The molecule has 0 saturated carbocycles. The average Bonchev–Trinajstić information content (AvgIpc) is 2.86. The fourth-order valence-corrected chi connectivity index (χ4v) is 2.58. The highest BCUT2D eigenvalue weighted by molar-refractivity contribution is 6.33. The predicted molar refractivity (Wildman–Crippen MR) is 81.6 cm³/mol. The van der Waals surface area contributed by atoms with E-state index in [1.54, 1.807) is 6.07 Å². The molecule has 3 aromatic rings. The van der Waals surface area contributed by atoms with Gasteiger partial charge in [0.1, 0.15) is 0 Å². The Hall–Kier alpha value is -2.33. The van der Waals surface area contributed by atoms with Crippen LogP contribution in [0.25, 0.3) is 16.9 Å². The van der Waals surface area contributed by atoms with Crippen LogP contribution in [-0.2, 0) is 11.2 Å². The highest BCUT2D eigenvalue weighted by Gasteiger charge is 2.16. The summed E-state index contributed by atoms with van der Waals surface area (Å²) in [6.07, 6.45) is 2.32. The third-order valence-electron chi connectivity index (χ3n) is 3.32. The summed E-state index contributed by atoms with van der Waals surface area (Å²) in [5.74, 6) is -0.828. The van der Waals surface area contributed by atoms with Gasteiger partial charge in [-0.1, -0.05) is 41.9 Å². The first-order valence-corrected chi connectivity index (χ1v) is 6.97. The van der Waals surface area contributed by atoms with E-state index in [1.807, 2.05) is 47.0 Å². The molecule has 21 heavy (non-hydrogen) atoms. The zero-order valence-corrected chi connectivity index (χ0v) is 11.9. The molecule has 0 radical (unpaired) electrons. The number of hydrogen-bond acceptors (Lipinski definition) is 2. The molecule has 0 unspecified atom stereocenters. The van der Waals surface area contributed by atoms with Crippen molar-refractivity contribution in [3.63, 3.8) is 0 Å². The summed E-state index contributed by atoms with van der Waals surface area (Å²) in [5, 5.41) is 9.50. The molecule has 1 N–H and O–H groups in total. The Morgan fingerprint density at radius 2 is 1.95 bits per heavy atom. The van der Waals surface area contributed by atoms with Gasteiger partial charge < -0.3 is 9.51 Å². The first-order valence-electron chi connectivity index (χ1n) is 6.59. The molecule has 2 aromatic heterocycles. The second-order valence-corrected chi connectivity index (χ2v) is 5.12. The number of imidazole rings is 1. The zero-order valence-electron chi connectivity index (χ0n) is 11.2. The fourth-order valence-electron chi connectivity index (χ4n) is 2.37. The number of fused-ring (bicyclic) bond motifs is 1. The summed E-state index contributed by atoms with van der Waals surface area (Å²) in [6, 6.07) is 13.3. The lowest BCUT2D eigenvalue weighted by Gasteiger charge is -2.04. The number of hydrogen-bond donors (Lipinski definition) is 1. The minimum atomic E-state index is -0.828. The normalized spacial score (nSPS) is 10.9. The van der Waals surface area contributed by atoms with E-state index in [4.69, 9.17) is 16.7 Å². The number of nitrogens with zero attached hydrogens (tertiary/aromatic N) is 2. The van der Waals surface area contributed by atoms with Crippen LogP contribution in [0.2, 0.25) is 5.02 Å². The predicted octanol–water partition coefficient (Wildman–Crippen LogP) is 3.67. The highest BCUT2D eigenvalue weighted by atomic mass is 35.5. The standard InChI is InChI=1S/C16H13ClN2O2/c17-12-7-4-10-19-13(8-9-14(20)21)15(18-16(12)19)11-5-2-1-3-6-11/h1-7,10H,8-9H2,(H,20,21). The molecule has 2 heterocycles. The molecule has 4 nitrogen and oxygen atoms in total. The average molecular weight is 301 g/mol. The van der Waals surface area contributed by atoms with Gasteiger partial charge >= 0.3 is 5.97 Å². The van der Waals surface area contributed by atoms with Gasteiger partial charge in [-0.25, -0.2) is 4.98 Å². The van der Waals surface area contributed by atoms with Crippen LogP contribution in [0.15, 0.2) is 48.7 Å². The maximum absolute atomic E-state index is 10.9. The highest BCUT2D eigenvalue weighted by Crippen LogP contribution is 2.28. The van der Waals surface area contributed by atoms with Gasteiger partial charge in [0, 0.05) is 18.2 Å². The van der Waals surface area contributed by atoms with Crippen molar-refractivity contribution in [2.45, 2.75) is 12.8 Å². The molecule has 5 heteroatoms. The number of aromatic nitrogens is 2. The molecule has 0 amide bonds. The largest absolute Gasteiger partial charge is 0.481 e. The number of aryl methyl sites for hydroxylation is 1. The molecule has 0 fully saturated rings. The van der Waals surface area contributed by atoms with Crippen molar-refractivity contribution in [3.05, 3.63) is 59.4 Å². The van der Waals surface area contributed by atoms with Crippen molar-refractivity contribution in [2.75, 3.05) is 0 Å². The summed E-state index contributed by atoms with van der Waals surface area (Å²) in [4.78, 5) is 15.5. The van der Waals surface area contributed by atoms with E-state index in [0.717, 1.165) is 17.0 Å². The molecule has 0 aliphatic heterocycles. The lowest BCUT2D eigenvalue weighted by Crippen LogP contribution is -2.01. The summed E-state index contributed by atoms with van der Waals surface area (Å²) in [5.41, 5.74) is 3.25. The van der Waals surface area contributed by atoms with Crippen molar-refractivity contribution in [1.29, 1.82) is 0 Å². The van der Waals surface area contributed by atoms with Crippen molar-refractivity contribution in [2.24, 2.45) is 0 Å². The number of benzene rings is 1. The Balaban J connectivity index is 2.20. The van der Waals surface area contributed by atoms with Gasteiger partial charge in [-0.3, -0.25) is 4.79 Å². The molecule has 3 rings (SSSR count). The molecule has 0 aliphatic rings. The minimum absolute atomic E-state index is 0.0557. The molecular weight excluding hydrogens is 288 g/mol. The molecular formula is C16H13ClN2O2. The Morgan fingerprint density at radius 1 is 1.19 bits per heavy atom. The quantitative estimate of drug-likeness (QED) is 0.800. The fraction of sp³-hybridized carbons (Fsp3) is 0.125. The SMILES string of the molecule is O=C(O)CCc1c(-c2ccccc2)nc2c(Cl)cccn12. The van der Waals surface area contributed by atoms with E-state index < -0.39 is 5.97 Å². The first-order chi connectivity index (χ1) is 10.2. The van der Waals surface area contributed by atoms with Crippen LogP contribution >= 0.6 is 11.6 Å². The van der Waals surface area contributed by atoms with Gasteiger partial charge in [0.2, 0.25) is 0 Å². The summed E-state index contributed by atoms with van der Waals surface area (Å²) >= 11 is 6.19. The van der Waals surface area contributed by atoms with Crippen LogP contribution < -0.4 is 0 Å². The van der Waals surface area contributed by atoms with Gasteiger partial charge in [0.25, 0.3) is 0 Å². The number of carboxylic acids is 1. The van der Waals surface area contributed by atoms with E-state index in [0.29, 0.717) is 17.1 Å². The van der Waals surface area contributed by atoms with Crippen LogP contribution in [-0.4, -0.2) is 20.5 Å². The summed E-state index contributed by atoms with van der Waals surface area (Å²) < 4.78 is 1.87. The molecule has 0 spiro atoms. The summed E-state index contributed by atoms with van der Waals surface area (Å²) in [7, 11) is 0. The number of aliphatic carboxylic acids is 1. The van der Waals surface area contributed by atoms with Gasteiger partial charge in [0.05, 0.1) is 22.8 Å². The van der Waals surface area contributed by atoms with E-state index in [9.17, 15) is 4.79 Å². The van der Waals surface area contributed by atoms with Crippen LogP contribution in [0.1, 0.15) is 12.1 Å². The van der Waals surface area contributed by atoms with Crippen LogP contribution in [0.3, 0.4) is 0 Å². The smallest absolute Gasteiger partial charge is 0.303 e. The van der Waals surface area contributed by atoms with Crippen LogP contribution in [0.5, 0.6) is 0 Å². The topological polar surface area (TPSA) is 54.6 Å². The van der Waals surface area contributed by atoms with E-state index in [2.05, 4.69) is 4.98 Å². The van der Waals surface area contributed by atoms with Gasteiger partial charge in [0.15, 0.2) is 5.65 Å². The molecule has 0 aliphatic carbocycles. The van der Waals surface area contributed by atoms with Gasteiger partial charge in [-0.15, -0.1) is 0 Å². The van der Waals surface area contributed by atoms with Crippen molar-refractivity contribution in [3.8, 4) is 11.3 Å². The number of pyridine rings is 1. The van der Waals surface area contributed by atoms with Crippen LogP contribution in [0.4, 0.5) is 0 Å². The Labute approximate surface area is 126 Å². The maximum atomic E-state index is 10.9. The lowest BCUT2D eigenvalue weighted by atomic mass is 10.1. The van der Waals surface area contributed by atoms with Crippen molar-refractivity contribution < 1.29 is 9.90 Å². The number of halogens is 1. The van der Waals surface area contributed by atoms with E-state index in [-0.39, 0.29) is 6.42 Å². The number of rotatable bonds is 4. The number of carbonyl (C=O) groups is 1. The van der Waals surface area contributed by atoms with Crippen molar-refractivity contribution >= 4 is 23.2 Å². The Bertz CT molecular complexity index is 797. The molecule has 1 aromatic carbocycles.